The third-order valence-corrected chi connectivity index (χ3v) is 5.49. The number of rotatable bonds is 2. The van der Waals surface area contributed by atoms with Crippen LogP contribution in [0, 0.1) is 0 Å². The van der Waals surface area contributed by atoms with Crippen molar-refractivity contribution in [3.8, 4) is 0 Å². The summed E-state index contributed by atoms with van der Waals surface area (Å²) in [7, 11) is 3.68. The number of hydrogen-bond donors (Lipinski definition) is 0. The third-order valence-electron chi connectivity index (χ3n) is 3.92. The first-order valence-electron chi connectivity index (χ1n) is 6.21. The maximum absolute atomic E-state index is 12.3. The number of aromatic nitrogens is 1. The molecule has 5 heteroatoms. The van der Waals surface area contributed by atoms with E-state index in [1.54, 1.807) is 7.11 Å². The van der Waals surface area contributed by atoms with E-state index in [1.165, 1.54) is 0 Å². The number of methoxy groups -OCH3 is 1. The molecule has 2 aliphatic heterocycles. The van der Waals surface area contributed by atoms with E-state index in [-0.39, 0.29) is 10.7 Å². The van der Waals surface area contributed by atoms with Crippen molar-refractivity contribution in [1.29, 1.82) is 0 Å². The molecule has 0 bridgehead atoms. The number of nitrogens with zero attached hydrogens (tertiary/aromatic N) is 2. The van der Waals surface area contributed by atoms with Crippen LogP contribution in [-0.2, 0) is 11.8 Å². The number of amides is 1. The van der Waals surface area contributed by atoms with Gasteiger partial charge in [0.15, 0.2) is 0 Å². The molecule has 3 rings (SSSR count). The van der Waals surface area contributed by atoms with Crippen molar-refractivity contribution in [2.45, 2.75) is 17.3 Å². The molecule has 2 aliphatic rings. The fraction of sp³-hybridized carbons (Fsp3) is 0.615. The molecule has 18 heavy (non-hydrogen) atoms. The summed E-state index contributed by atoms with van der Waals surface area (Å²) < 4.78 is 7.55. The Kier molecular flexibility index (Phi) is 2.90. The van der Waals surface area contributed by atoms with Gasteiger partial charge in [0.25, 0.3) is 5.91 Å². The number of ether oxygens (including phenoxy) is 1. The Balaban J connectivity index is 1.63. The van der Waals surface area contributed by atoms with Gasteiger partial charge >= 0.3 is 0 Å². The largest absolute Gasteiger partial charge is 0.381 e. The Hall–Kier alpha value is -0.940. The van der Waals surface area contributed by atoms with E-state index < -0.39 is 0 Å². The minimum absolute atomic E-state index is 0.148. The van der Waals surface area contributed by atoms with Crippen molar-refractivity contribution >= 4 is 17.7 Å². The molecule has 1 atom stereocenters. The first-order chi connectivity index (χ1) is 8.63. The van der Waals surface area contributed by atoms with Crippen LogP contribution in [-0.4, -0.2) is 52.2 Å². The molecule has 0 radical (unpaired) electrons. The van der Waals surface area contributed by atoms with Gasteiger partial charge < -0.3 is 14.2 Å². The molecule has 0 unspecified atom stereocenters. The topological polar surface area (TPSA) is 34.5 Å². The highest BCUT2D eigenvalue weighted by molar-refractivity contribution is 8.01. The van der Waals surface area contributed by atoms with Crippen LogP contribution in [0.3, 0.4) is 0 Å². The molecule has 0 aliphatic carbocycles. The fourth-order valence-corrected chi connectivity index (χ4v) is 4.40. The molecular weight excluding hydrogens is 248 g/mol. The van der Waals surface area contributed by atoms with Crippen LogP contribution >= 0.6 is 11.8 Å². The van der Waals surface area contributed by atoms with Crippen LogP contribution in [0.5, 0.6) is 0 Å². The first-order valence-corrected chi connectivity index (χ1v) is 7.19. The van der Waals surface area contributed by atoms with E-state index in [9.17, 15) is 4.79 Å². The molecule has 3 heterocycles. The maximum atomic E-state index is 12.3. The van der Waals surface area contributed by atoms with Gasteiger partial charge in [-0.15, -0.1) is 11.8 Å². The van der Waals surface area contributed by atoms with Crippen LogP contribution < -0.4 is 0 Å². The average Bonchev–Trinajstić information content (AvgIpc) is 2.92. The van der Waals surface area contributed by atoms with Crippen LogP contribution in [0.1, 0.15) is 16.9 Å². The van der Waals surface area contributed by atoms with Crippen molar-refractivity contribution in [3.63, 3.8) is 0 Å². The van der Waals surface area contributed by atoms with E-state index >= 15 is 0 Å². The van der Waals surface area contributed by atoms with Crippen molar-refractivity contribution in [1.82, 2.24) is 9.47 Å². The molecule has 1 aromatic rings. The summed E-state index contributed by atoms with van der Waals surface area (Å²) in [5.74, 6) is 1.21. The van der Waals surface area contributed by atoms with Gasteiger partial charge in [0, 0.05) is 39.2 Å². The second-order valence-corrected chi connectivity index (χ2v) is 6.71. The fourth-order valence-electron chi connectivity index (χ4n) is 2.81. The van der Waals surface area contributed by atoms with Gasteiger partial charge in [0.1, 0.15) is 5.69 Å². The highest BCUT2D eigenvalue weighted by atomic mass is 32.2. The number of thioether (sulfide) groups is 1. The van der Waals surface area contributed by atoms with Gasteiger partial charge in [0.05, 0.1) is 10.9 Å². The van der Waals surface area contributed by atoms with Gasteiger partial charge in [-0.05, 0) is 18.6 Å². The predicted octanol–water partition coefficient (Wildman–Crippen LogP) is 1.37. The van der Waals surface area contributed by atoms with Gasteiger partial charge in [-0.2, -0.15) is 0 Å². The zero-order valence-corrected chi connectivity index (χ0v) is 11.6. The van der Waals surface area contributed by atoms with E-state index in [1.807, 2.05) is 46.6 Å². The quantitative estimate of drug-likeness (QED) is 0.811. The van der Waals surface area contributed by atoms with Gasteiger partial charge in [-0.25, -0.2) is 0 Å². The van der Waals surface area contributed by atoms with Crippen LogP contribution in [0.4, 0.5) is 0 Å². The summed E-state index contributed by atoms with van der Waals surface area (Å²) in [5.41, 5.74) is 0.774. The Morgan fingerprint density at radius 1 is 1.56 bits per heavy atom. The molecule has 0 N–H and O–H groups in total. The molecule has 4 nitrogen and oxygen atoms in total. The van der Waals surface area contributed by atoms with Crippen molar-refractivity contribution < 1.29 is 9.53 Å². The Labute approximate surface area is 111 Å². The number of likely N-dealkylation sites (tertiary alicyclic amines) is 1. The zero-order valence-electron chi connectivity index (χ0n) is 10.8. The van der Waals surface area contributed by atoms with Gasteiger partial charge in [-0.1, -0.05) is 0 Å². The highest BCUT2D eigenvalue weighted by Crippen LogP contribution is 2.46. The first kappa shape index (κ1) is 12.1. The standard InChI is InChI=1S/C13H18N2O2S/c1-14-5-3-4-11(14)12(16)15-8-13(9-15)6-10(17-2)7-18-13/h3-5,10H,6-9H2,1-2H3/t10-/m1/s1. The highest BCUT2D eigenvalue weighted by Gasteiger charge is 2.50. The molecule has 0 saturated carbocycles. The molecule has 2 saturated heterocycles. The van der Waals surface area contributed by atoms with E-state index in [0.717, 1.165) is 31.0 Å². The summed E-state index contributed by atoms with van der Waals surface area (Å²) >= 11 is 1.96. The summed E-state index contributed by atoms with van der Waals surface area (Å²) in [4.78, 5) is 14.2. The molecule has 2 fully saturated rings. The van der Waals surface area contributed by atoms with E-state index in [4.69, 9.17) is 4.74 Å². The molecule has 0 aromatic carbocycles. The maximum Gasteiger partial charge on any atom is 0.270 e. The molecule has 98 valence electrons. The lowest BCUT2D eigenvalue weighted by Gasteiger charge is -2.47. The van der Waals surface area contributed by atoms with Crippen LogP contribution in [0.25, 0.3) is 0 Å². The third kappa shape index (κ3) is 1.86. The van der Waals surface area contributed by atoms with Gasteiger partial charge in [-0.3, -0.25) is 4.79 Å². The van der Waals surface area contributed by atoms with E-state index in [2.05, 4.69) is 0 Å². The lowest BCUT2D eigenvalue weighted by Crippen LogP contribution is -2.61. The lowest BCUT2D eigenvalue weighted by molar-refractivity contribution is 0.0443. The minimum atomic E-state index is 0.148. The van der Waals surface area contributed by atoms with Gasteiger partial charge in [0.2, 0.25) is 0 Å². The van der Waals surface area contributed by atoms with Crippen molar-refractivity contribution in [2.75, 3.05) is 26.0 Å². The molecular formula is C13H18N2O2S. The lowest BCUT2D eigenvalue weighted by atomic mass is 9.92. The monoisotopic (exact) mass is 266 g/mol. The normalized spacial score (nSPS) is 25.4. The molecule has 1 spiro atoms. The Bertz CT molecular complexity index is 465. The summed E-state index contributed by atoms with van der Waals surface area (Å²) in [5, 5.41) is 0. The SMILES string of the molecule is CO[C@H]1CSC2(C1)CN(C(=O)c1cccn1C)C2. The Morgan fingerprint density at radius 2 is 2.33 bits per heavy atom. The Morgan fingerprint density at radius 3 is 2.89 bits per heavy atom. The number of carbonyl (C=O) groups excluding carboxylic acids is 1. The summed E-state index contributed by atoms with van der Waals surface area (Å²) in [6.45, 7) is 1.73. The molecule has 1 aromatic heterocycles. The smallest absolute Gasteiger partial charge is 0.270 e. The molecule has 1 amide bonds. The summed E-state index contributed by atoms with van der Waals surface area (Å²) in [6, 6.07) is 3.79. The van der Waals surface area contributed by atoms with Crippen molar-refractivity contribution in [3.05, 3.63) is 24.0 Å². The summed E-state index contributed by atoms with van der Waals surface area (Å²) in [6.07, 6.45) is 3.35. The number of aryl methyl sites for hydroxylation is 1. The number of carbonyl (C=O) groups is 1. The average molecular weight is 266 g/mol. The second-order valence-electron chi connectivity index (χ2n) is 5.22. The van der Waals surface area contributed by atoms with Crippen LogP contribution in [0.2, 0.25) is 0 Å². The van der Waals surface area contributed by atoms with Crippen LogP contribution in [0.15, 0.2) is 18.3 Å². The second kappa shape index (κ2) is 4.31. The zero-order chi connectivity index (χ0) is 12.8. The minimum Gasteiger partial charge on any atom is -0.381 e. The van der Waals surface area contributed by atoms with Crippen molar-refractivity contribution in [2.24, 2.45) is 7.05 Å². The van der Waals surface area contributed by atoms with E-state index in [0.29, 0.717) is 6.10 Å². The predicted molar refractivity (Wildman–Crippen MR) is 71.9 cm³/mol. The number of hydrogen-bond acceptors (Lipinski definition) is 3.